The molecular formula is C13H16N2O3. The molecule has 0 bridgehead atoms. The third kappa shape index (κ3) is 5.32. The number of carbonyl (C=O) groups excluding carboxylic acids is 1. The summed E-state index contributed by atoms with van der Waals surface area (Å²) in [6.07, 6.45) is 0.989. The molecule has 0 saturated carbocycles. The van der Waals surface area contributed by atoms with Crippen LogP contribution in [-0.4, -0.2) is 29.4 Å². The zero-order chi connectivity index (χ0) is 13.4. The summed E-state index contributed by atoms with van der Waals surface area (Å²) in [7, 11) is 0. The lowest BCUT2D eigenvalue weighted by Crippen LogP contribution is -2.17. The summed E-state index contributed by atoms with van der Waals surface area (Å²) >= 11 is 0. The fourth-order valence-electron chi connectivity index (χ4n) is 1.10. The molecule has 5 nitrogen and oxygen atoms in total. The van der Waals surface area contributed by atoms with Gasteiger partial charge < -0.3 is 9.84 Å². The Morgan fingerprint density at radius 2 is 2.39 bits per heavy atom. The average molecular weight is 248 g/mol. The fraction of sp³-hybridized carbons (Fsp3) is 0.385. The molecule has 0 aromatic carbocycles. The van der Waals surface area contributed by atoms with Crippen LogP contribution in [0.2, 0.25) is 0 Å². The number of aliphatic hydroxyl groups excluding tert-OH is 1. The first kappa shape index (κ1) is 14.0. The molecule has 0 unspecified atom stereocenters. The minimum atomic E-state index is -0.538. The van der Waals surface area contributed by atoms with Crippen molar-refractivity contribution in [1.82, 2.24) is 4.98 Å². The van der Waals surface area contributed by atoms with E-state index in [1.165, 1.54) is 6.20 Å². The maximum atomic E-state index is 11.4. The molecule has 0 spiro atoms. The Morgan fingerprint density at radius 3 is 3.06 bits per heavy atom. The number of rotatable bonds is 3. The summed E-state index contributed by atoms with van der Waals surface area (Å²) in [5.74, 6) is 5.90. The van der Waals surface area contributed by atoms with Crippen molar-refractivity contribution in [3.05, 3.63) is 23.9 Å². The van der Waals surface area contributed by atoms with E-state index in [-0.39, 0.29) is 12.5 Å². The Morgan fingerprint density at radius 1 is 1.61 bits per heavy atom. The van der Waals surface area contributed by atoms with Gasteiger partial charge in [0.1, 0.15) is 12.4 Å². The average Bonchev–Trinajstić information content (AvgIpc) is 2.34. The van der Waals surface area contributed by atoms with Crippen LogP contribution in [0.15, 0.2) is 18.3 Å². The maximum absolute atomic E-state index is 11.4. The fourth-order valence-corrected chi connectivity index (χ4v) is 1.10. The van der Waals surface area contributed by atoms with Crippen LogP contribution in [0.1, 0.15) is 19.4 Å². The van der Waals surface area contributed by atoms with Crippen molar-refractivity contribution in [3.63, 3.8) is 0 Å². The van der Waals surface area contributed by atoms with Crippen molar-refractivity contribution in [2.24, 2.45) is 5.92 Å². The van der Waals surface area contributed by atoms with Crippen molar-refractivity contribution < 1.29 is 14.6 Å². The number of hydrogen-bond acceptors (Lipinski definition) is 4. The number of carbonyl (C=O) groups is 1. The second kappa shape index (κ2) is 7.30. The highest BCUT2D eigenvalue weighted by Crippen LogP contribution is 2.06. The first-order valence-electron chi connectivity index (χ1n) is 5.61. The van der Waals surface area contributed by atoms with Gasteiger partial charge in [0, 0.05) is 11.8 Å². The smallest absolute Gasteiger partial charge is 0.412 e. The van der Waals surface area contributed by atoms with Gasteiger partial charge in [-0.2, -0.15) is 0 Å². The van der Waals surface area contributed by atoms with Crippen molar-refractivity contribution in [3.8, 4) is 11.8 Å². The normalized spacial score (nSPS) is 9.56. The molecular weight excluding hydrogens is 232 g/mol. The van der Waals surface area contributed by atoms with E-state index in [1.807, 2.05) is 13.8 Å². The van der Waals surface area contributed by atoms with Crippen LogP contribution >= 0.6 is 0 Å². The lowest BCUT2D eigenvalue weighted by molar-refractivity contribution is 0.147. The topological polar surface area (TPSA) is 71.5 Å². The number of aromatic nitrogens is 1. The van der Waals surface area contributed by atoms with Gasteiger partial charge in [0.25, 0.3) is 0 Å². The largest absolute Gasteiger partial charge is 0.449 e. The lowest BCUT2D eigenvalue weighted by atomic mass is 10.2. The van der Waals surface area contributed by atoms with E-state index in [0.717, 1.165) is 0 Å². The Bertz CT molecular complexity index is 461. The molecule has 0 fully saturated rings. The number of pyridine rings is 1. The maximum Gasteiger partial charge on any atom is 0.412 e. The lowest BCUT2D eigenvalue weighted by Gasteiger charge is -2.08. The molecule has 0 aliphatic rings. The number of anilines is 1. The van der Waals surface area contributed by atoms with Gasteiger partial charge in [-0.15, -0.1) is 0 Å². The molecule has 1 amide bonds. The second-order valence-corrected chi connectivity index (χ2v) is 4.01. The molecule has 0 aliphatic carbocycles. The third-order valence-electron chi connectivity index (χ3n) is 1.85. The van der Waals surface area contributed by atoms with E-state index >= 15 is 0 Å². The number of amides is 1. The monoisotopic (exact) mass is 248 g/mol. The summed E-state index contributed by atoms with van der Waals surface area (Å²) in [6, 6.07) is 3.30. The van der Waals surface area contributed by atoms with Crippen LogP contribution < -0.4 is 5.32 Å². The van der Waals surface area contributed by atoms with Crippen LogP contribution in [0, 0.1) is 17.8 Å². The number of aliphatic hydroxyl groups is 1. The van der Waals surface area contributed by atoms with Gasteiger partial charge in [0.05, 0.1) is 6.61 Å². The van der Waals surface area contributed by atoms with Gasteiger partial charge in [-0.05, 0) is 18.1 Å². The summed E-state index contributed by atoms with van der Waals surface area (Å²) in [6.45, 7) is 4.06. The van der Waals surface area contributed by atoms with Crippen LogP contribution in [0.3, 0.4) is 0 Å². The van der Waals surface area contributed by atoms with Crippen LogP contribution in [0.25, 0.3) is 0 Å². The predicted molar refractivity (Wildman–Crippen MR) is 68.0 cm³/mol. The standard InChI is InChI=1S/C13H16N2O3/c1-10(2)9-18-13(17)15-12-8-11(4-3-7-16)5-6-14-12/h5-6,8,10,16H,7,9H2,1-2H3,(H,14,15,17). The summed E-state index contributed by atoms with van der Waals surface area (Å²) in [4.78, 5) is 15.4. The van der Waals surface area contributed by atoms with Crippen LogP contribution in [0.4, 0.5) is 10.6 Å². The van der Waals surface area contributed by atoms with Gasteiger partial charge in [-0.25, -0.2) is 9.78 Å². The van der Waals surface area contributed by atoms with E-state index in [9.17, 15) is 4.79 Å². The van der Waals surface area contributed by atoms with Gasteiger partial charge >= 0.3 is 6.09 Å². The number of nitrogens with zero attached hydrogens (tertiary/aromatic N) is 1. The minimum absolute atomic E-state index is 0.207. The Balaban J connectivity index is 2.59. The van der Waals surface area contributed by atoms with Crippen LogP contribution in [0.5, 0.6) is 0 Å². The second-order valence-electron chi connectivity index (χ2n) is 4.01. The molecule has 96 valence electrons. The highest BCUT2D eigenvalue weighted by Gasteiger charge is 2.05. The highest BCUT2D eigenvalue weighted by molar-refractivity contribution is 5.83. The number of nitrogens with one attached hydrogen (secondary N) is 1. The molecule has 1 aromatic heterocycles. The highest BCUT2D eigenvalue weighted by atomic mass is 16.5. The van der Waals surface area contributed by atoms with E-state index < -0.39 is 6.09 Å². The molecule has 2 N–H and O–H groups in total. The summed E-state index contributed by atoms with van der Waals surface area (Å²) < 4.78 is 4.96. The van der Waals surface area contributed by atoms with Gasteiger partial charge in [0.2, 0.25) is 0 Å². The molecule has 0 aliphatic heterocycles. The first-order valence-corrected chi connectivity index (χ1v) is 5.61. The minimum Gasteiger partial charge on any atom is -0.449 e. The summed E-state index contributed by atoms with van der Waals surface area (Å²) in [5.41, 5.74) is 0.665. The summed E-state index contributed by atoms with van der Waals surface area (Å²) in [5, 5.41) is 11.1. The first-order chi connectivity index (χ1) is 8.61. The van der Waals surface area contributed by atoms with Gasteiger partial charge in [-0.1, -0.05) is 25.7 Å². The molecule has 18 heavy (non-hydrogen) atoms. The number of hydrogen-bond donors (Lipinski definition) is 2. The number of ether oxygens (including phenoxy) is 1. The molecule has 1 rings (SSSR count). The van der Waals surface area contributed by atoms with Crippen molar-refractivity contribution in [2.75, 3.05) is 18.5 Å². The molecule has 5 heteroatoms. The predicted octanol–water partition coefficient (Wildman–Crippen LogP) is 1.63. The SMILES string of the molecule is CC(C)COC(=O)Nc1cc(C#CCO)ccn1. The van der Waals surface area contributed by atoms with Crippen LogP contribution in [-0.2, 0) is 4.74 Å². The van der Waals surface area contributed by atoms with E-state index in [4.69, 9.17) is 9.84 Å². The van der Waals surface area contributed by atoms with Crippen molar-refractivity contribution >= 4 is 11.9 Å². The zero-order valence-electron chi connectivity index (χ0n) is 10.4. The molecule has 1 aromatic rings. The van der Waals surface area contributed by atoms with E-state index in [0.29, 0.717) is 18.0 Å². The Labute approximate surface area is 106 Å². The molecule has 0 atom stereocenters. The molecule has 0 radical (unpaired) electrons. The Hall–Kier alpha value is -2.06. The van der Waals surface area contributed by atoms with Crippen molar-refractivity contribution in [2.45, 2.75) is 13.8 Å². The van der Waals surface area contributed by atoms with Crippen molar-refractivity contribution in [1.29, 1.82) is 0 Å². The molecule has 0 saturated heterocycles. The van der Waals surface area contributed by atoms with Gasteiger partial charge in [0.15, 0.2) is 0 Å². The van der Waals surface area contributed by atoms with E-state index in [2.05, 4.69) is 22.1 Å². The third-order valence-corrected chi connectivity index (χ3v) is 1.85. The van der Waals surface area contributed by atoms with Gasteiger partial charge in [-0.3, -0.25) is 5.32 Å². The quantitative estimate of drug-likeness (QED) is 0.797. The molecule has 1 heterocycles. The zero-order valence-corrected chi connectivity index (χ0v) is 10.4. The Kier molecular flexibility index (Phi) is 5.68. The van der Waals surface area contributed by atoms with E-state index in [1.54, 1.807) is 12.1 Å².